The summed E-state index contributed by atoms with van der Waals surface area (Å²) in [6, 6.07) is 0.934. The standard InChI is InChI=1S/C12H21NO/c1-8(2)12(14)11-7-9-5-3-4-6-10(9)13-11/h9-14H,1,3-7H2,2H3. The van der Waals surface area contributed by atoms with E-state index in [0.717, 1.165) is 17.9 Å². The van der Waals surface area contributed by atoms with E-state index in [1.807, 2.05) is 6.92 Å². The maximum atomic E-state index is 9.91. The van der Waals surface area contributed by atoms with E-state index in [2.05, 4.69) is 11.9 Å². The zero-order valence-corrected chi connectivity index (χ0v) is 9.00. The highest BCUT2D eigenvalue weighted by Gasteiger charge is 2.37. The largest absolute Gasteiger partial charge is 0.387 e. The number of aliphatic hydroxyl groups is 1. The fourth-order valence-electron chi connectivity index (χ4n) is 2.94. The minimum atomic E-state index is -0.347. The molecule has 0 amide bonds. The molecule has 2 N–H and O–H groups in total. The average Bonchev–Trinajstić information content (AvgIpc) is 2.59. The maximum Gasteiger partial charge on any atom is 0.0897 e. The van der Waals surface area contributed by atoms with Gasteiger partial charge in [-0.2, -0.15) is 0 Å². The molecule has 1 aliphatic heterocycles. The quantitative estimate of drug-likeness (QED) is 0.659. The van der Waals surface area contributed by atoms with E-state index in [-0.39, 0.29) is 12.1 Å². The molecule has 2 aliphatic rings. The van der Waals surface area contributed by atoms with Crippen LogP contribution in [0, 0.1) is 5.92 Å². The van der Waals surface area contributed by atoms with Crippen molar-refractivity contribution in [2.45, 2.75) is 57.2 Å². The van der Waals surface area contributed by atoms with E-state index in [4.69, 9.17) is 0 Å². The number of rotatable bonds is 2. The molecule has 2 fully saturated rings. The Kier molecular flexibility index (Phi) is 2.93. The molecule has 4 atom stereocenters. The van der Waals surface area contributed by atoms with Crippen molar-refractivity contribution in [1.29, 1.82) is 0 Å². The van der Waals surface area contributed by atoms with Gasteiger partial charge in [-0.15, -0.1) is 0 Å². The number of hydrogen-bond acceptors (Lipinski definition) is 2. The molecule has 1 aliphatic carbocycles. The van der Waals surface area contributed by atoms with E-state index in [0.29, 0.717) is 6.04 Å². The second kappa shape index (κ2) is 4.03. The summed E-state index contributed by atoms with van der Waals surface area (Å²) in [6.07, 6.45) is 6.16. The molecule has 0 aromatic carbocycles. The van der Waals surface area contributed by atoms with Crippen molar-refractivity contribution < 1.29 is 5.11 Å². The molecule has 0 bridgehead atoms. The summed E-state index contributed by atoms with van der Waals surface area (Å²) in [5, 5.41) is 13.5. The molecular weight excluding hydrogens is 174 g/mol. The lowest BCUT2D eigenvalue weighted by molar-refractivity contribution is 0.167. The Labute approximate surface area is 86.4 Å². The van der Waals surface area contributed by atoms with E-state index in [1.165, 1.54) is 25.7 Å². The minimum Gasteiger partial charge on any atom is -0.387 e. The van der Waals surface area contributed by atoms with Crippen molar-refractivity contribution in [1.82, 2.24) is 5.32 Å². The van der Waals surface area contributed by atoms with E-state index < -0.39 is 0 Å². The topological polar surface area (TPSA) is 32.3 Å². The Hall–Kier alpha value is -0.340. The summed E-state index contributed by atoms with van der Waals surface area (Å²) in [5.74, 6) is 0.808. The third-order valence-corrected chi connectivity index (χ3v) is 3.78. The van der Waals surface area contributed by atoms with Crippen LogP contribution in [0.1, 0.15) is 39.0 Å². The number of hydrogen-bond donors (Lipinski definition) is 2. The molecule has 1 heterocycles. The van der Waals surface area contributed by atoms with E-state index in [9.17, 15) is 5.11 Å². The average molecular weight is 195 g/mol. The van der Waals surface area contributed by atoms with Crippen molar-refractivity contribution in [2.75, 3.05) is 0 Å². The second-order valence-corrected chi connectivity index (χ2v) is 4.95. The summed E-state index contributed by atoms with van der Waals surface area (Å²) in [6.45, 7) is 5.74. The highest BCUT2D eigenvalue weighted by Crippen LogP contribution is 2.34. The van der Waals surface area contributed by atoms with Gasteiger partial charge in [-0.1, -0.05) is 25.0 Å². The molecule has 14 heavy (non-hydrogen) atoms. The van der Waals surface area contributed by atoms with Gasteiger partial charge in [0.2, 0.25) is 0 Å². The predicted molar refractivity (Wildman–Crippen MR) is 58.1 cm³/mol. The predicted octanol–water partition coefficient (Wildman–Crippen LogP) is 1.84. The smallest absolute Gasteiger partial charge is 0.0897 e. The molecule has 4 unspecified atom stereocenters. The molecule has 0 spiro atoms. The van der Waals surface area contributed by atoms with Crippen LogP contribution < -0.4 is 5.32 Å². The van der Waals surface area contributed by atoms with Crippen LogP contribution >= 0.6 is 0 Å². The molecule has 1 saturated heterocycles. The summed E-state index contributed by atoms with van der Waals surface area (Å²) in [7, 11) is 0. The Morgan fingerprint density at radius 3 is 2.79 bits per heavy atom. The summed E-state index contributed by atoms with van der Waals surface area (Å²) < 4.78 is 0. The van der Waals surface area contributed by atoms with Gasteiger partial charge in [0, 0.05) is 12.1 Å². The molecule has 2 nitrogen and oxygen atoms in total. The van der Waals surface area contributed by atoms with Crippen molar-refractivity contribution in [3.63, 3.8) is 0 Å². The van der Waals surface area contributed by atoms with Gasteiger partial charge in [-0.25, -0.2) is 0 Å². The first-order chi connectivity index (χ1) is 6.68. The van der Waals surface area contributed by atoms with Crippen LogP contribution in [0.4, 0.5) is 0 Å². The molecule has 2 rings (SSSR count). The van der Waals surface area contributed by atoms with Crippen LogP contribution in [0.15, 0.2) is 12.2 Å². The van der Waals surface area contributed by atoms with Gasteiger partial charge in [-0.05, 0) is 32.1 Å². The van der Waals surface area contributed by atoms with Crippen LogP contribution in [0.5, 0.6) is 0 Å². The fourth-order valence-corrected chi connectivity index (χ4v) is 2.94. The van der Waals surface area contributed by atoms with Gasteiger partial charge in [0.1, 0.15) is 0 Å². The minimum absolute atomic E-state index is 0.264. The van der Waals surface area contributed by atoms with Gasteiger partial charge >= 0.3 is 0 Å². The molecule has 2 heteroatoms. The molecule has 0 radical (unpaired) electrons. The lowest BCUT2D eigenvalue weighted by Gasteiger charge is -2.24. The molecular formula is C12H21NO. The number of fused-ring (bicyclic) bond motifs is 1. The normalized spacial score (nSPS) is 39.1. The van der Waals surface area contributed by atoms with Gasteiger partial charge < -0.3 is 10.4 Å². The van der Waals surface area contributed by atoms with Crippen molar-refractivity contribution >= 4 is 0 Å². The SMILES string of the molecule is C=C(C)C(O)C1CC2CCCCC2N1. The lowest BCUT2D eigenvalue weighted by atomic mass is 9.84. The first kappa shape index (κ1) is 10.2. The molecule has 80 valence electrons. The van der Waals surface area contributed by atoms with Crippen LogP contribution in [-0.2, 0) is 0 Å². The van der Waals surface area contributed by atoms with Gasteiger partial charge in [0.25, 0.3) is 0 Å². The summed E-state index contributed by atoms with van der Waals surface area (Å²) in [4.78, 5) is 0. The Balaban J connectivity index is 1.95. The molecule has 0 aromatic rings. The van der Waals surface area contributed by atoms with Gasteiger partial charge in [-0.3, -0.25) is 0 Å². The third-order valence-electron chi connectivity index (χ3n) is 3.78. The first-order valence-corrected chi connectivity index (χ1v) is 5.78. The zero-order valence-electron chi connectivity index (χ0n) is 9.00. The summed E-state index contributed by atoms with van der Waals surface area (Å²) in [5.41, 5.74) is 0.890. The maximum absolute atomic E-state index is 9.91. The fraction of sp³-hybridized carbons (Fsp3) is 0.833. The Morgan fingerprint density at radius 2 is 2.14 bits per heavy atom. The van der Waals surface area contributed by atoms with Crippen LogP contribution in [0.25, 0.3) is 0 Å². The van der Waals surface area contributed by atoms with Gasteiger partial charge in [0.05, 0.1) is 6.10 Å². The van der Waals surface area contributed by atoms with Crippen molar-refractivity contribution in [3.05, 3.63) is 12.2 Å². The number of aliphatic hydroxyl groups excluding tert-OH is 1. The Morgan fingerprint density at radius 1 is 1.43 bits per heavy atom. The van der Waals surface area contributed by atoms with Crippen molar-refractivity contribution in [3.8, 4) is 0 Å². The second-order valence-electron chi connectivity index (χ2n) is 4.95. The Bertz CT molecular complexity index is 212. The van der Waals surface area contributed by atoms with Crippen LogP contribution in [0.2, 0.25) is 0 Å². The molecule has 0 aromatic heterocycles. The highest BCUT2D eigenvalue weighted by atomic mass is 16.3. The third kappa shape index (κ3) is 1.86. The van der Waals surface area contributed by atoms with Crippen LogP contribution in [0.3, 0.4) is 0 Å². The number of nitrogens with one attached hydrogen (secondary N) is 1. The van der Waals surface area contributed by atoms with Gasteiger partial charge in [0.15, 0.2) is 0 Å². The van der Waals surface area contributed by atoms with Crippen LogP contribution in [-0.4, -0.2) is 23.3 Å². The van der Waals surface area contributed by atoms with E-state index in [1.54, 1.807) is 0 Å². The lowest BCUT2D eigenvalue weighted by Crippen LogP contribution is -2.39. The highest BCUT2D eigenvalue weighted by molar-refractivity contribution is 5.07. The summed E-state index contributed by atoms with van der Waals surface area (Å²) >= 11 is 0. The monoisotopic (exact) mass is 195 g/mol. The zero-order chi connectivity index (χ0) is 10.1. The molecule has 1 saturated carbocycles. The van der Waals surface area contributed by atoms with E-state index >= 15 is 0 Å². The first-order valence-electron chi connectivity index (χ1n) is 5.78. The van der Waals surface area contributed by atoms with Crippen molar-refractivity contribution in [2.24, 2.45) is 5.92 Å².